The van der Waals surface area contributed by atoms with E-state index in [1.165, 1.54) is 19.1 Å². The molecule has 1 aliphatic rings. The Balaban J connectivity index is 1.39. The second kappa shape index (κ2) is 12.1. The Bertz CT molecular complexity index is 1330. The second-order valence-corrected chi connectivity index (χ2v) is 9.01. The molecule has 1 N–H and O–H groups in total. The topological polar surface area (TPSA) is 94.2 Å². The Morgan fingerprint density at radius 3 is 2.41 bits per heavy atom. The molecule has 37 heavy (non-hydrogen) atoms. The zero-order valence-corrected chi connectivity index (χ0v) is 21.2. The van der Waals surface area contributed by atoms with E-state index in [1.807, 2.05) is 36.4 Å². The second-order valence-electron chi connectivity index (χ2n) is 8.02. The molecule has 1 aliphatic heterocycles. The van der Waals surface area contributed by atoms with Crippen molar-refractivity contribution >= 4 is 40.6 Å². The lowest BCUT2D eigenvalue weighted by Gasteiger charge is -2.13. The molecule has 0 aromatic heterocycles. The average Bonchev–Trinajstić information content (AvgIpc) is 3.18. The highest BCUT2D eigenvalue weighted by atomic mass is 32.2. The summed E-state index contributed by atoms with van der Waals surface area (Å²) in [6, 6.07) is 21.9. The Morgan fingerprint density at radius 1 is 0.919 bits per heavy atom. The number of ether oxygens (including phenoxy) is 3. The maximum absolute atomic E-state index is 12.8. The SMILES string of the molecule is COc1ccccc1NC(=O)COc1ccc(/C=C2\SC(=O)N(CCc3ccccc3)C2=O)cc1OC. The molecule has 0 atom stereocenters. The Labute approximate surface area is 219 Å². The van der Waals surface area contributed by atoms with Crippen LogP contribution in [0.3, 0.4) is 0 Å². The summed E-state index contributed by atoms with van der Waals surface area (Å²) in [6.45, 7) is 0.0765. The molecule has 0 aliphatic carbocycles. The van der Waals surface area contributed by atoms with E-state index in [1.54, 1.807) is 42.5 Å². The number of carbonyl (C=O) groups is 3. The van der Waals surface area contributed by atoms with Gasteiger partial charge in [0.05, 0.1) is 24.8 Å². The molecule has 1 heterocycles. The van der Waals surface area contributed by atoms with E-state index in [0.29, 0.717) is 46.4 Å². The lowest BCUT2D eigenvalue weighted by Crippen LogP contribution is -2.30. The van der Waals surface area contributed by atoms with Gasteiger partial charge in [-0.1, -0.05) is 48.5 Å². The normalized spacial score (nSPS) is 14.1. The molecule has 3 aromatic rings. The van der Waals surface area contributed by atoms with Crippen molar-refractivity contribution in [2.45, 2.75) is 6.42 Å². The van der Waals surface area contributed by atoms with Gasteiger partial charge in [0, 0.05) is 6.54 Å². The monoisotopic (exact) mass is 518 g/mol. The first-order valence-corrected chi connectivity index (χ1v) is 12.3. The number of para-hydroxylation sites is 2. The van der Waals surface area contributed by atoms with Gasteiger partial charge < -0.3 is 19.5 Å². The summed E-state index contributed by atoms with van der Waals surface area (Å²) in [7, 11) is 3.01. The van der Waals surface area contributed by atoms with Crippen LogP contribution in [-0.4, -0.2) is 49.3 Å². The molecule has 3 aromatic carbocycles. The Hall–Kier alpha value is -4.24. The molecule has 0 saturated carbocycles. The highest BCUT2D eigenvalue weighted by Crippen LogP contribution is 2.34. The minimum Gasteiger partial charge on any atom is -0.495 e. The molecule has 8 nitrogen and oxygen atoms in total. The number of carbonyl (C=O) groups excluding carboxylic acids is 3. The average molecular weight is 519 g/mol. The van der Waals surface area contributed by atoms with Crippen molar-refractivity contribution in [1.82, 2.24) is 4.90 Å². The smallest absolute Gasteiger partial charge is 0.293 e. The molecule has 0 bridgehead atoms. The number of nitrogens with zero attached hydrogens (tertiary/aromatic N) is 1. The summed E-state index contributed by atoms with van der Waals surface area (Å²) >= 11 is 0.911. The van der Waals surface area contributed by atoms with Gasteiger partial charge in [0.25, 0.3) is 17.1 Å². The van der Waals surface area contributed by atoms with Gasteiger partial charge in [-0.3, -0.25) is 19.3 Å². The number of anilines is 1. The largest absolute Gasteiger partial charge is 0.495 e. The molecule has 0 unspecified atom stereocenters. The van der Waals surface area contributed by atoms with Crippen LogP contribution in [0.2, 0.25) is 0 Å². The highest BCUT2D eigenvalue weighted by Gasteiger charge is 2.34. The summed E-state index contributed by atoms with van der Waals surface area (Å²) in [5, 5.41) is 2.46. The molecular weight excluding hydrogens is 492 g/mol. The van der Waals surface area contributed by atoms with E-state index in [0.717, 1.165) is 17.3 Å². The van der Waals surface area contributed by atoms with Gasteiger partial charge in [-0.25, -0.2) is 0 Å². The van der Waals surface area contributed by atoms with Crippen LogP contribution in [0.4, 0.5) is 10.5 Å². The summed E-state index contributed by atoms with van der Waals surface area (Å²) in [6.07, 6.45) is 2.24. The van der Waals surface area contributed by atoms with E-state index in [2.05, 4.69) is 5.32 Å². The van der Waals surface area contributed by atoms with Gasteiger partial charge in [0.2, 0.25) is 0 Å². The third kappa shape index (κ3) is 6.50. The van der Waals surface area contributed by atoms with Crippen LogP contribution in [0.15, 0.2) is 77.7 Å². The van der Waals surface area contributed by atoms with Gasteiger partial charge in [0.15, 0.2) is 18.1 Å². The number of thioether (sulfide) groups is 1. The van der Waals surface area contributed by atoms with E-state index >= 15 is 0 Å². The van der Waals surface area contributed by atoms with Crippen molar-refractivity contribution in [3.63, 3.8) is 0 Å². The van der Waals surface area contributed by atoms with Crippen molar-refractivity contribution in [2.75, 3.05) is 32.7 Å². The molecule has 190 valence electrons. The third-order valence-electron chi connectivity index (χ3n) is 5.57. The van der Waals surface area contributed by atoms with E-state index < -0.39 is 0 Å². The molecular formula is C28H26N2O6S. The fraction of sp³-hybridized carbons (Fsp3) is 0.179. The van der Waals surface area contributed by atoms with Gasteiger partial charge in [-0.05, 0) is 59.7 Å². The van der Waals surface area contributed by atoms with Crippen molar-refractivity contribution < 1.29 is 28.6 Å². The van der Waals surface area contributed by atoms with Crippen molar-refractivity contribution in [3.05, 3.63) is 88.8 Å². The molecule has 4 rings (SSSR count). The number of nitrogens with one attached hydrogen (secondary N) is 1. The lowest BCUT2D eigenvalue weighted by molar-refractivity contribution is -0.122. The Morgan fingerprint density at radius 2 is 1.65 bits per heavy atom. The fourth-order valence-electron chi connectivity index (χ4n) is 3.70. The molecule has 0 radical (unpaired) electrons. The van der Waals surface area contributed by atoms with Crippen molar-refractivity contribution in [3.8, 4) is 17.2 Å². The van der Waals surface area contributed by atoms with Gasteiger partial charge >= 0.3 is 0 Å². The predicted octanol–water partition coefficient (Wildman–Crippen LogP) is 5.00. The maximum atomic E-state index is 12.8. The zero-order valence-electron chi connectivity index (χ0n) is 20.4. The first-order chi connectivity index (χ1) is 18.0. The first-order valence-electron chi connectivity index (χ1n) is 11.5. The van der Waals surface area contributed by atoms with Crippen LogP contribution in [0, 0.1) is 0 Å². The molecule has 0 spiro atoms. The van der Waals surface area contributed by atoms with Crippen LogP contribution >= 0.6 is 11.8 Å². The minimum atomic E-state index is -0.361. The molecule has 1 saturated heterocycles. The number of amides is 3. The van der Waals surface area contributed by atoms with E-state index in [4.69, 9.17) is 14.2 Å². The van der Waals surface area contributed by atoms with E-state index in [9.17, 15) is 14.4 Å². The first kappa shape index (κ1) is 25.8. The summed E-state index contributed by atoms with van der Waals surface area (Å²) in [5.41, 5.74) is 2.26. The quantitative estimate of drug-likeness (QED) is 0.378. The number of methoxy groups -OCH3 is 2. The molecule has 1 fully saturated rings. The Kier molecular flexibility index (Phi) is 8.48. The number of hydrogen-bond donors (Lipinski definition) is 1. The summed E-state index contributed by atoms with van der Waals surface area (Å²) in [4.78, 5) is 39.3. The standard InChI is InChI=1S/C28H26N2O6S/c1-34-22-11-7-6-10-21(22)29-26(31)18-36-23-13-12-20(16-24(23)35-2)17-25-27(32)30(28(33)37-25)15-14-19-8-4-3-5-9-19/h3-13,16-17H,14-15,18H2,1-2H3,(H,29,31)/b25-17-. The number of hydrogen-bond acceptors (Lipinski definition) is 7. The minimum absolute atomic E-state index is 0.242. The van der Waals surface area contributed by atoms with Crippen LogP contribution < -0.4 is 19.5 Å². The van der Waals surface area contributed by atoms with Crippen molar-refractivity contribution in [1.29, 1.82) is 0 Å². The van der Waals surface area contributed by atoms with E-state index in [-0.39, 0.29) is 23.7 Å². The van der Waals surface area contributed by atoms with Gasteiger partial charge in [-0.2, -0.15) is 0 Å². The lowest BCUT2D eigenvalue weighted by atomic mass is 10.1. The molecule has 9 heteroatoms. The fourth-order valence-corrected chi connectivity index (χ4v) is 4.57. The van der Waals surface area contributed by atoms with Crippen LogP contribution in [0.1, 0.15) is 11.1 Å². The number of benzene rings is 3. The van der Waals surface area contributed by atoms with Gasteiger partial charge in [-0.15, -0.1) is 0 Å². The highest BCUT2D eigenvalue weighted by molar-refractivity contribution is 8.18. The van der Waals surface area contributed by atoms with Crippen LogP contribution in [-0.2, 0) is 16.0 Å². The molecule has 3 amide bonds. The van der Waals surface area contributed by atoms with Crippen LogP contribution in [0.25, 0.3) is 6.08 Å². The third-order valence-corrected chi connectivity index (χ3v) is 6.47. The van der Waals surface area contributed by atoms with Crippen molar-refractivity contribution in [2.24, 2.45) is 0 Å². The zero-order chi connectivity index (χ0) is 26.2. The maximum Gasteiger partial charge on any atom is 0.293 e. The number of rotatable bonds is 10. The summed E-state index contributed by atoms with van der Waals surface area (Å²) < 4.78 is 16.3. The van der Waals surface area contributed by atoms with Crippen LogP contribution in [0.5, 0.6) is 17.2 Å². The summed E-state index contributed by atoms with van der Waals surface area (Å²) in [5.74, 6) is 0.619. The van der Waals surface area contributed by atoms with Gasteiger partial charge in [0.1, 0.15) is 5.75 Å². The predicted molar refractivity (Wildman–Crippen MR) is 143 cm³/mol. The number of imide groups is 1.